The second-order valence-electron chi connectivity index (χ2n) is 5.50. The Hall–Kier alpha value is -2.20. The number of ether oxygens (including phenoxy) is 1. The lowest BCUT2D eigenvalue weighted by molar-refractivity contribution is 0.0730. The highest BCUT2D eigenvalue weighted by Crippen LogP contribution is 2.21. The van der Waals surface area contributed by atoms with E-state index in [0.29, 0.717) is 43.3 Å². The number of benzene rings is 1. The minimum atomic E-state index is -3.62. The zero-order chi connectivity index (χ0) is 17.9. The SMILES string of the molecule is NCc1cc(C(=O)Nc2cccc(S(=O)(=O)N3CCOCC3)c2)co1. The molecular weight excluding hydrogens is 346 g/mol. The van der Waals surface area contributed by atoms with Crippen LogP contribution in [0, 0.1) is 0 Å². The number of carbonyl (C=O) groups excluding carboxylic acids is 1. The summed E-state index contributed by atoms with van der Waals surface area (Å²) in [6.45, 7) is 1.57. The highest BCUT2D eigenvalue weighted by atomic mass is 32.2. The lowest BCUT2D eigenvalue weighted by Crippen LogP contribution is -2.40. The third-order valence-corrected chi connectivity index (χ3v) is 5.71. The van der Waals surface area contributed by atoms with Crippen LogP contribution in [-0.4, -0.2) is 44.9 Å². The van der Waals surface area contributed by atoms with Crippen LogP contribution in [0.2, 0.25) is 0 Å². The van der Waals surface area contributed by atoms with E-state index in [1.165, 1.54) is 22.7 Å². The van der Waals surface area contributed by atoms with Crippen LogP contribution >= 0.6 is 0 Å². The van der Waals surface area contributed by atoms with E-state index in [1.54, 1.807) is 18.2 Å². The van der Waals surface area contributed by atoms with Crippen LogP contribution in [0.4, 0.5) is 5.69 Å². The summed E-state index contributed by atoms with van der Waals surface area (Å²) in [5.74, 6) is 0.0955. The van der Waals surface area contributed by atoms with Gasteiger partial charge in [0.05, 0.1) is 30.2 Å². The fourth-order valence-corrected chi connectivity index (χ4v) is 3.93. The number of rotatable bonds is 5. The predicted octanol–water partition coefficient (Wildman–Crippen LogP) is 1.01. The second kappa shape index (κ2) is 7.36. The number of nitrogens with two attached hydrogens (primary N) is 1. The van der Waals surface area contributed by atoms with Gasteiger partial charge in [0.15, 0.2) is 0 Å². The fraction of sp³-hybridized carbons (Fsp3) is 0.312. The highest BCUT2D eigenvalue weighted by Gasteiger charge is 2.26. The Kier molecular flexibility index (Phi) is 5.19. The molecule has 2 aromatic rings. The molecule has 2 heterocycles. The van der Waals surface area contributed by atoms with Crippen molar-refractivity contribution in [2.45, 2.75) is 11.4 Å². The maximum absolute atomic E-state index is 12.7. The van der Waals surface area contributed by atoms with Crippen molar-refractivity contribution in [2.24, 2.45) is 5.73 Å². The first kappa shape index (κ1) is 17.6. The van der Waals surface area contributed by atoms with Gasteiger partial charge >= 0.3 is 0 Å². The standard InChI is InChI=1S/C16H19N3O5S/c17-10-14-8-12(11-24-14)16(20)18-13-2-1-3-15(9-13)25(21,22)19-4-6-23-7-5-19/h1-3,8-9,11H,4-7,10,17H2,(H,18,20). The zero-order valence-electron chi connectivity index (χ0n) is 13.5. The molecule has 134 valence electrons. The summed E-state index contributed by atoms with van der Waals surface area (Å²) in [7, 11) is -3.62. The molecule has 1 aliphatic rings. The molecule has 0 atom stereocenters. The molecule has 25 heavy (non-hydrogen) atoms. The van der Waals surface area contributed by atoms with E-state index in [1.807, 2.05) is 0 Å². The Bertz CT molecular complexity index is 856. The van der Waals surface area contributed by atoms with Crippen molar-refractivity contribution in [3.05, 3.63) is 47.9 Å². The Morgan fingerprint density at radius 2 is 2.00 bits per heavy atom. The van der Waals surface area contributed by atoms with Gasteiger partial charge in [0.1, 0.15) is 12.0 Å². The van der Waals surface area contributed by atoms with Crippen molar-refractivity contribution in [1.29, 1.82) is 0 Å². The molecule has 1 aromatic carbocycles. The van der Waals surface area contributed by atoms with Crippen LogP contribution < -0.4 is 11.1 Å². The van der Waals surface area contributed by atoms with E-state index in [4.69, 9.17) is 14.9 Å². The first-order chi connectivity index (χ1) is 12.0. The van der Waals surface area contributed by atoms with Crippen LogP contribution in [-0.2, 0) is 21.3 Å². The minimum absolute atomic E-state index is 0.127. The zero-order valence-corrected chi connectivity index (χ0v) is 14.3. The van der Waals surface area contributed by atoms with Crippen molar-refractivity contribution in [3.63, 3.8) is 0 Å². The van der Waals surface area contributed by atoms with Gasteiger partial charge in [-0.05, 0) is 24.3 Å². The van der Waals surface area contributed by atoms with E-state index >= 15 is 0 Å². The minimum Gasteiger partial charge on any atom is -0.467 e. The summed E-state index contributed by atoms with van der Waals surface area (Å²) < 4.78 is 37.0. The quantitative estimate of drug-likeness (QED) is 0.817. The third-order valence-electron chi connectivity index (χ3n) is 3.82. The molecule has 0 aliphatic carbocycles. The molecule has 1 aliphatic heterocycles. The molecule has 0 bridgehead atoms. The predicted molar refractivity (Wildman–Crippen MR) is 90.6 cm³/mol. The molecule has 0 saturated carbocycles. The van der Waals surface area contributed by atoms with Gasteiger partial charge in [-0.3, -0.25) is 4.79 Å². The molecule has 1 amide bonds. The molecule has 0 spiro atoms. The lowest BCUT2D eigenvalue weighted by atomic mass is 10.2. The van der Waals surface area contributed by atoms with Crippen molar-refractivity contribution in [1.82, 2.24) is 4.31 Å². The molecule has 1 aromatic heterocycles. The maximum Gasteiger partial charge on any atom is 0.258 e. The van der Waals surface area contributed by atoms with E-state index in [9.17, 15) is 13.2 Å². The van der Waals surface area contributed by atoms with Crippen molar-refractivity contribution < 1.29 is 22.4 Å². The van der Waals surface area contributed by atoms with Gasteiger partial charge in [0.25, 0.3) is 5.91 Å². The van der Waals surface area contributed by atoms with Crippen LogP contribution in [0.5, 0.6) is 0 Å². The number of furan rings is 1. The number of hydrogen-bond acceptors (Lipinski definition) is 6. The maximum atomic E-state index is 12.7. The largest absolute Gasteiger partial charge is 0.467 e. The molecule has 3 rings (SSSR count). The van der Waals surface area contributed by atoms with Gasteiger partial charge in [-0.2, -0.15) is 4.31 Å². The number of hydrogen-bond donors (Lipinski definition) is 2. The molecule has 1 fully saturated rings. The first-order valence-corrected chi connectivity index (χ1v) is 9.21. The molecule has 9 heteroatoms. The number of anilines is 1. The van der Waals surface area contributed by atoms with E-state index in [0.717, 1.165) is 0 Å². The van der Waals surface area contributed by atoms with E-state index in [-0.39, 0.29) is 11.4 Å². The van der Waals surface area contributed by atoms with Crippen molar-refractivity contribution in [2.75, 3.05) is 31.6 Å². The third kappa shape index (κ3) is 3.90. The number of sulfonamides is 1. The number of amides is 1. The smallest absolute Gasteiger partial charge is 0.258 e. The van der Waals surface area contributed by atoms with Crippen molar-refractivity contribution in [3.8, 4) is 0 Å². The number of nitrogens with zero attached hydrogens (tertiary/aromatic N) is 1. The van der Waals surface area contributed by atoms with E-state index in [2.05, 4.69) is 5.32 Å². The van der Waals surface area contributed by atoms with Gasteiger partial charge in [-0.25, -0.2) is 8.42 Å². The average molecular weight is 365 g/mol. The summed E-state index contributed by atoms with van der Waals surface area (Å²) in [6, 6.07) is 7.70. The lowest BCUT2D eigenvalue weighted by Gasteiger charge is -2.26. The summed E-state index contributed by atoms with van der Waals surface area (Å²) in [5.41, 5.74) is 6.15. The van der Waals surface area contributed by atoms with Crippen LogP contribution in [0.1, 0.15) is 16.1 Å². The topological polar surface area (TPSA) is 115 Å². The van der Waals surface area contributed by atoms with Gasteiger partial charge in [-0.1, -0.05) is 6.07 Å². The Balaban J connectivity index is 1.78. The Morgan fingerprint density at radius 3 is 2.68 bits per heavy atom. The summed E-state index contributed by atoms with van der Waals surface area (Å²) in [4.78, 5) is 12.3. The van der Waals surface area contributed by atoms with Gasteiger partial charge in [0, 0.05) is 18.8 Å². The van der Waals surface area contributed by atoms with Gasteiger partial charge < -0.3 is 20.2 Å². The normalized spacial score (nSPS) is 15.9. The summed E-state index contributed by atoms with van der Waals surface area (Å²) in [5, 5.41) is 2.66. The second-order valence-corrected chi connectivity index (χ2v) is 7.44. The molecule has 3 N–H and O–H groups in total. The van der Waals surface area contributed by atoms with Crippen LogP contribution in [0.3, 0.4) is 0 Å². The van der Waals surface area contributed by atoms with E-state index < -0.39 is 15.9 Å². The molecule has 0 radical (unpaired) electrons. The van der Waals surface area contributed by atoms with Crippen LogP contribution in [0.15, 0.2) is 45.9 Å². The van der Waals surface area contributed by atoms with Gasteiger partial charge in [-0.15, -0.1) is 0 Å². The average Bonchev–Trinajstić information content (AvgIpc) is 3.12. The number of carbonyl (C=O) groups is 1. The number of morpholine rings is 1. The Morgan fingerprint density at radius 1 is 1.24 bits per heavy atom. The van der Waals surface area contributed by atoms with Crippen LogP contribution in [0.25, 0.3) is 0 Å². The molecular formula is C16H19N3O5S. The Labute approximate surface area is 145 Å². The number of nitrogens with one attached hydrogen (secondary N) is 1. The summed E-state index contributed by atoms with van der Waals surface area (Å²) >= 11 is 0. The first-order valence-electron chi connectivity index (χ1n) is 7.77. The highest BCUT2D eigenvalue weighted by molar-refractivity contribution is 7.89. The molecule has 1 saturated heterocycles. The molecule has 8 nitrogen and oxygen atoms in total. The molecule has 0 unspecified atom stereocenters. The monoisotopic (exact) mass is 365 g/mol. The van der Waals surface area contributed by atoms with Gasteiger partial charge in [0.2, 0.25) is 10.0 Å². The van der Waals surface area contributed by atoms with Crippen molar-refractivity contribution >= 4 is 21.6 Å². The summed E-state index contributed by atoms with van der Waals surface area (Å²) in [6.07, 6.45) is 1.31. The fourth-order valence-electron chi connectivity index (χ4n) is 2.48.